The monoisotopic (exact) mass is 220 g/mol. The van der Waals surface area contributed by atoms with Crippen molar-refractivity contribution in [2.45, 2.75) is 26.7 Å². The van der Waals surface area contributed by atoms with E-state index < -0.39 is 0 Å². The summed E-state index contributed by atoms with van der Waals surface area (Å²) in [4.78, 5) is 2.41. The largest absolute Gasteiger partial charge is 0.371 e. The van der Waals surface area contributed by atoms with E-state index in [1.165, 1.54) is 18.5 Å². The van der Waals surface area contributed by atoms with E-state index in [4.69, 9.17) is 5.73 Å². The van der Waals surface area contributed by atoms with Crippen LogP contribution in [0.4, 0.5) is 5.69 Å². The standard InChI is InChI=1S/C14H24N2/c1-3-8-13(11-15)12-16(4-2)14-9-6-5-7-10-14/h5-7,9-10,13H,3-4,8,11-12,15H2,1-2H3. The Morgan fingerprint density at radius 2 is 1.88 bits per heavy atom. The van der Waals surface area contributed by atoms with E-state index in [1.807, 2.05) is 0 Å². The highest BCUT2D eigenvalue weighted by atomic mass is 15.1. The topological polar surface area (TPSA) is 29.3 Å². The second kappa shape index (κ2) is 7.29. The molecule has 2 nitrogen and oxygen atoms in total. The molecular formula is C14H24N2. The minimum absolute atomic E-state index is 0.616. The van der Waals surface area contributed by atoms with Gasteiger partial charge in [0, 0.05) is 18.8 Å². The Morgan fingerprint density at radius 1 is 1.19 bits per heavy atom. The van der Waals surface area contributed by atoms with Crippen LogP contribution in [0.1, 0.15) is 26.7 Å². The average Bonchev–Trinajstić information content (AvgIpc) is 2.35. The summed E-state index contributed by atoms with van der Waals surface area (Å²) in [6.07, 6.45) is 2.44. The van der Waals surface area contributed by atoms with Crippen LogP contribution < -0.4 is 10.6 Å². The van der Waals surface area contributed by atoms with Crippen LogP contribution in [0.2, 0.25) is 0 Å². The van der Waals surface area contributed by atoms with Gasteiger partial charge in [-0.05, 0) is 37.9 Å². The number of hydrogen-bond acceptors (Lipinski definition) is 2. The normalized spacial score (nSPS) is 12.4. The van der Waals surface area contributed by atoms with Crippen molar-refractivity contribution in [3.8, 4) is 0 Å². The molecule has 0 aromatic heterocycles. The molecule has 1 aromatic rings. The first-order chi connectivity index (χ1) is 7.81. The zero-order valence-electron chi connectivity index (χ0n) is 10.5. The number of nitrogens with two attached hydrogens (primary N) is 1. The van der Waals surface area contributed by atoms with Crippen LogP contribution >= 0.6 is 0 Å². The van der Waals surface area contributed by atoms with Gasteiger partial charge in [0.15, 0.2) is 0 Å². The molecule has 0 fully saturated rings. The summed E-state index contributed by atoms with van der Waals surface area (Å²) in [6.45, 7) is 7.33. The van der Waals surface area contributed by atoms with Crippen molar-refractivity contribution in [2.24, 2.45) is 11.7 Å². The maximum absolute atomic E-state index is 5.81. The van der Waals surface area contributed by atoms with E-state index in [0.29, 0.717) is 5.92 Å². The van der Waals surface area contributed by atoms with Gasteiger partial charge < -0.3 is 10.6 Å². The van der Waals surface area contributed by atoms with E-state index in [1.54, 1.807) is 0 Å². The first-order valence-electron chi connectivity index (χ1n) is 6.31. The highest BCUT2D eigenvalue weighted by Gasteiger charge is 2.11. The van der Waals surface area contributed by atoms with Crippen LogP contribution in [0.15, 0.2) is 30.3 Å². The Morgan fingerprint density at radius 3 is 2.38 bits per heavy atom. The molecule has 0 bridgehead atoms. The number of benzene rings is 1. The Hall–Kier alpha value is -1.02. The lowest BCUT2D eigenvalue weighted by Gasteiger charge is -2.27. The zero-order chi connectivity index (χ0) is 11.8. The number of para-hydroxylation sites is 1. The van der Waals surface area contributed by atoms with Gasteiger partial charge in [0.05, 0.1) is 0 Å². The molecule has 1 atom stereocenters. The Balaban J connectivity index is 2.61. The van der Waals surface area contributed by atoms with E-state index in [-0.39, 0.29) is 0 Å². The molecule has 1 rings (SSSR count). The van der Waals surface area contributed by atoms with Crippen molar-refractivity contribution in [1.29, 1.82) is 0 Å². The van der Waals surface area contributed by atoms with E-state index >= 15 is 0 Å². The van der Waals surface area contributed by atoms with Gasteiger partial charge in [0.25, 0.3) is 0 Å². The molecule has 0 aliphatic carbocycles. The van der Waals surface area contributed by atoms with Crippen molar-refractivity contribution in [3.05, 3.63) is 30.3 Å². The van der Waals surface area contributed by atoms with E-state index in [9.17, 15) is 0 Å². The molecule has 0 aliphatic rings. The molecule has 0 amide bonds. The van der Waals surface area contributed by atoms with Crippen molar-refractivity contribution < 1.29 is 0 Å². The molecule has 0 radical (unpaired) electrons. The van der Waals surface area contributed by atoms with Gasteiger partial charge in [-0.15, -0.1) is 0 Å². The van der Waals surface area contributed by atoms with Crippen LogP contribution in [0, 0.1) is 5.92 Å². The van der Waals surface area contributed by atoms with Gasteiger partial charge in [0.2, 0.25) is 0 Å². The summed E-state index contributed by atoms with van der Waals surface area (Å²) in [6, 6.07) is 10.6. The quantitative estimate of drug-likeness (QED) is 0.765. The predicted octanol–water partition coefficient (Wildman–Crippen LogP) is 2.89. The van der Waals surface area contributed by atoms with Gasteiger partial charge in [-0.25, -0.2) is 0 Å². The molecule has 1 unspecified atom stereocenters. The minimum Gasteiger partial charge on any atom is -0.371 e. The van der Waals surface area contributed by atoms with Crippen LogP contribution in [0.25, 0.3) is 0 Å². The van der Waals surface area contributed by atoms with Gasteiger partial charge in [-0.3, -0.25) is 0 Å². The molecule has 0 spiro atoms. The SMILES string of the molecule is CCCC(CN)CN(CC)c1ccccc1. The lowest BCUT2D eigenvalue weighted by atomic mass is 10.0. The number of hydrogen-bond donors (Lipinski definition) is 1. The zero-order valence-corrected chi connectivity index (χ0v) is 10.5. The summed E-state index contributed by atoms with van der Waals surface area (Å²) >= 11 is 0. The predicted molar refractivity (Wildman–Crippen MR) is 71.8 cm³/mol. The summed E-state index contributed by atoms with van der Waals surface area (Å²) in [5, 5.41) is 0. The van der Waals surface area contributed by atoms with Crippen LogP contribution in [-0.2, 0) is 0 Å². The third-order valence-corrected chi connectivity index (χ3v) is 3.01. The van der Waals surface area contributed by atoms with Crippen LogP contribution in [0.5, 0.6) is 0 Å². The first kappa shape index (κ1) is 13.0. The summed E-state index contributed by atoms with van der Waals surface area (Å²) < 4.78 is 0. The Bertz CT molecular complexity index is 271. The summed E-state index contributed by atoms with van der Waals surface area (Å²) in [7, 11) is 0. The van der Waals surface area contributed by atoms with Gasteiger partial charge >= 0.3 is 0 Å². The number of nitrogens with zero attached hydrogens (tertiary/aromatic N) is 1. The molecular weight excluding hydrogens is 196 g/mol. The molecule has 0 heterocycles. The molecule has 0 saturated heterocycles. The van der Waals surface area contributed by atoms with Crippen molar-refractivity contribution >= 4 is 5.69 Å². The van der Waals surface area contributed by atoms with Crippen molar-refractivity contribution in [2.75, 3.05) is 24.5 Å². The van der Waals surface area contributed by atoms with E-state index in [2.05, 4.69) is 49.1 Å². The fourth-order valence-electron chi connectivity index (χ4n) is 2.06. The lowest BCUT2D eigenvalue weighted by molar-refractivity contribution is 0.483. The highest BCUT2D eigenvalue weighted by Crippen LogP contribution is 2.16. The average molecular weight is 220 g/mol. The van der Waals surface area contributed by atoms with Gasteiger partial charge in [-0.2, -0.15) is 0 Å². The molecule has 0 aliphatic heterocycles. The van der Waals surface area contributed by atoms with Gasteiger partial charge in [0.1, 0.15) is 0 Å². The van der Waals surface area contributed by atoms with E-state index in [0.717, 1.165) is 19.6 Å². The maximum Gasteiger partial charge on any atom is 0.0366 e. The van der Waals surface area contributed by atoms with Crippen molar-refractivity contribution in [3.63, 3.8) is 0 Å². The maximum atomic E-state index is 5.81. The van der Waals surface area contributed by atoms with Crippen LogP contribution in [-0.4, -0.2) is 19.6 Å². The highest BCUT2D eigenvalue weighted by molar-refractivity contribution is 5.45. The minimum atomic E-state index is 0.616. The van der Waals surface area contributed by atoms with Crippen molar-refractivity contribution in [1.82, 2.24) is 0 Å². The molecule has 0 saturated carbocycles. The molecule has 2 N–H and O–H groups in total. The molecule has 2 heteroatoms. The summed E-state index contributed by atoms with van der Waals surface area (Å²) in [5.41, 5.74) is 7.12. The number of anilines is 1. The van der Waals surface area contributed by atoms with Crippen LogP contribution in [0.3, 0.4) is 0 Å². The Labute approximate surface area is 99.5 Å². The fourth-order valence-corrected chi connectivity index (χ4v) is 2.06. The molecule has 90 valence electrons. The molecule has 1 aromatic carbocycles. The molecule has 16 heavy (non-hydrogen) atoms. The fraction of sp³-hybridized carbons (Fsp3) is 0.571. The first-order valence-corrected chi connectivity index (χ1v) is 6.31. The third kappa shape index (κ3) is 3.86. The smallest absolute Gasteiger partial charge is 0.0366 e. The lowest BCUT2D eigenvalue weighted by Crippen LogP contribution is -2.32. The van der Waals surface area contributed by atoms with Gasteiger partial charge in [-0.1, -0.05) is 31.5 Å². The summed E-state index contributed by atoms with van der Waals surface area (Å²) in [5.74, 6) is 0.616. The third-order valence-electron chi connectivity index (χ3n) is 3.01. The Kier molecular flexibility index (Phi) is 5.94. The number of rotatable bonds is 7. The second-order valence-corrected chi connectivity index (χ2v) is 4.26. The second-order valence-electron chi connectivity index (χ2n) is 4.26.